The minimum absolute atomic E-state index is 0.0819. The molecule has 9 aliphatic rings. The Bertz CT molecular complexity index is 2200. The van der Waals surface area contributed by atoms with Crippen LogP contribution >= 0.6 is 0 Å². The molecular formula is C54H59N. The molecule has 9 aliphatic carbocycles. The number of benzene rings is 2. The molecule has 2 aromatic carbocycles. The van der Waals surface area contributed by atoms with E-state index in [2.05, 4.69) is 134 Å². The summed E-state index contributed by atoms with van der Waals surface area (Å²) in [6, 6.07) is 15.6. The lowest BCUT2D eigenvalue weighted by Gasteiger charge is -2.48. The van der Waals surface area contributed by atoms with Crippen LogP contribution in [0.5, 0.6) is 0 Å². The zero-order chi connectivity index (χ0) is 36.7. The molecule has 0 spiro atoms. The monoisotopic (exact) mass is 721 g/mol. The van der Waals surface area contributed by atoms with Gasteiger partial charge in [0.15, 0.2) is 0 Å². The lowest BCUT2D eigenvalue weighted by atomic mass is 9.59. The molecule has 0 saturated carbocycles. The predicted molar refractivity (Wildman–Crippen MR) is 229 cm³/mol. The molecular weight excluding hydrogens is 663 g/mol. The van der Waals surface area contributed by atoms with E-state index in [0.29, 0.717) is 35.8 Å². The highest BCUT2D eigenvalue weighted by molar-refractivity contribution is 5.63. The first kappa shape index (κ1) is 34.2. The molecule has 1 nitrogen and oxygen atoms in total. The van der Waals surface area contributed by atoms with Gasteiger partial charge in [-0.1, -0.05) is 134 Å². The first-order valence-electron chi connectivity index (χ1n) is 22.3. The van der Waals surface area contributed by atoms with Crippen molar-refractivity contribution in [1.29, 1.82) is 0 Å². The fourth-order valence-electron chi connectivity index (χ4n) is 13.7. The topological polar surface area (TPSA) is 3.24 Å². The van der Waals surface area contributed by atoms with Crippen molar-refractivity contribution >= 4 is 0 Å². The van der Waals surface area contributed by atoms with Crippen molar-refractivity contribution < 1.29 is 0 Å². The maximum atomic E-state index is 3.01. The molecule has 7 unspecified atom stereocenters. The molecule has 280 valence electrons. The zero-order valence-corrected chi connectivity index (χ0v) is 33.3. The number of hydrogen-bond donors (Lipinski definition) is 0. The summed E-state index contributed by atoms with van der Waals surface area (Å²) in [6.45, 7) is 5.10. The first-order chi connectivity index (χ1) is 27.0. The largest absolute Gasteiger partial charge is 0.365 e. The molecule has 11 rings (SSSR count). The third-order valence-corrected chi connectivity index (χ3v) is 16.1. The highest BCUT2D eigenvalue weighted by atomic mass is 15.2. The second-order valence-corrected chi connectivity index (χ2v) is 19.0. The van der Waals surface area contributed by atoms with Crippen LogP contribution in [-0.4, -0.2) is 17.0 Å². The average Bonchev–Trinajstić information content (AvgIpc) is 3.67. The Labute approximate surface area is 330 Å². The maximum absolute atomic E-state index is 3.01. The highest BCUT2D eigenvalue weighted by Crippen LogP contribution is 2.62. The van der Waals surface area contributed by atoms with Gasteiger partial charge in [0.1, 0.15) is 0 Å². The van der Waals surface area contributed by atoms with Gasteiger partial charge in [-0.2, -0.15) is 0 Å². The highest BCUT2D eigenvalue weighted by Gasteiger charge is 2.55. The van der Waals surface area contributed by atoms with Crippen LogP contribution < -0.4 is 0 Å². The van der Waals surface area contributed by atoms with E-state index in [1.807, 2.05) is 0 Å². The lowest BCUT2D eigenvalue weighted by molar-refractivity contribution is 0.155. The average molecular weight is 722 g/mol. The molecule has 1 heteroatoms. The molecule has 0 aromatic heterocycles. The van der Waals surface area contributed by atoms with Gasteiger partial charge < -0.3 is 4.90 Å². The van der Waals surface area contributed by atoms with E-state index in [1.54, 1.807) is 50.1 Å². The third-order valence-electron chi connectivity index (χ3n) is 16.1. The van der Waals surface area contributed by atoms with Crippen LogP contribution in [0, 0.1) is 23.2 Å². The molecule has 0 N–H and O–H groups in total. The lowest BCUT2D eigenvalue weighted by Crippen LogP contribution is -2.47. The Balaban J connectivity index is 0.983. The van der Waals surface area contributed by atoms with Gasteiger partial charge in [-0.05, 0) is 152 Å². The molecule has 0 heterocycles. The van der Waals surface area contributed by atoms with Crippen LogP contribution in [0.1, 0.15) is 117 Å². The predicted octanol–water partition coefficient (Wildman–Crippen LogP) is 12.6. The molecule has 0 aliphatic heterocycles. The molecule has 0 fully saturated rings. The maximum Gasteiger partial charge on any atom is 0.0482 e. The fourth-order valence-corrected chi connectivity index (χ4v) is 13.7. The molecule has 0 amide bonds. The van der Waals surface area contributed by atoms with E-state index in [9.17, 15) is 0 Å². The molecule has 2 aromatic rings. The van der Waals surface area contributed by atoms with Gasteiger partial charge >= 0.3 is 0 Å². The van der Waals surface area contributed by atoms with Gasteiger partial charge in [0.25, 0.3) is 0 Å². The third kappa shape index (κ3) is 5.16. The summed E-state index contributed by atoms with van der Waals surface area (Å²) in [4.78, 5) is 3.01. The minimum Gasteiger partial charge on any atom is -0.365 e. The van der Waals surface area contributed by atoms with E-state index < -0.39 is 0 Å². The second kappa shape index (κ2) is 13.2. The quantitative estimate of drug-likeness (QED) is 0.278. The van der Waals surface area contributed by atoms with Crippen LogP contribution in [0.3, 0.4) is 0 Å². The summed E-state index contributed by atoms with van der Waals surface area (Å²) in [6.07, 6.45) is 50.1. The molecule has 7 atom stereocenters. The van der Waals surface area contributed by atoms with Gasteiger partial charge in [0.05, 0.1) is 0 Å². The Morgan fingerprint density at radius 2 is 1.51 bits per heavy atom. The van der Waals surface area contributed by atoms with Gasteiger partial charge in [0.2, 0.25) is 0 Å². The van der Waals surface area contributed by atoms with E-state index in [-0.39, 0.29) is 10.8 Å². The normalized spacial score (nSPS) is 33.5. The van der Waals surface area contributed by atoms with Gasteiger partial charge in [0, 0.05) is 40.9 Å². The van der Waals surface area contributed by atoms with Crippen molar-refractivity contribution in [3.8, 4) is 0 Å². The molecule has 0 saturated heterocycles. The number of hydrogen-bond acceptors (Lipinski definition) is 1. The van der Waals surface area contributed by atoms with Crippen molar-refractivity contribution in [3.05, 3.63) is 177 Å². The van der Waals surface area contributed by atoms with Crippen molar-refractivity contribution in [2.75, 3.05) is 0 Å². The standard InChI is InChI=1S/C54H59N/c1-53(2)49-21-11-8-18-45(49)48-33-31-42(35-52(48)53)55(41-30-32-44-37(34-41)25-24-36-14-6-7-17-43(36)44)40-28-26-39(27-29-40)54(38-15-4-3-5-16-38)50-22-12-9-19-46(50)47-20-10-13-23-51(47)54/h4,8-10,12-13,15-16,18-20,22-26,31,33,35,40-41,46,48,50,52H,3,5-7,11,14,17,21,27-30,32,34H2,1-2H3. The van der Waals surface area contributed by atoms with Gasteiger partial charge in [-0.3, -0.25) is 0 Å². The molecule has 0 bridgehead atoms. The Morgan fingerprint density at radius 1 is 0.673 bits per heavy atom. The van der Waals surface area contributed by atoms with Crippen molar-refractivity contribution in [1.82, 2.24) is 4.90 Å². The van der Waals surface area contributed by atoms with E-state index in [4.69, 9.17) is 0 Å². The van der Waals surface area contributed by atoms with Crippen LogP contribution in [0.15, 0.2) is 143 Å². The Morgan fingerprint density at radius 3 is 2.40 bits per heavy atom. The molecule has 0 radical (unpaired) electrons. The van der Waals surface area contributed by atoms with Crippen LogP contribution in [-0.2, 0) is 31.1 Å². The number of allylic oxidation sites excluding steroid dienone is 16. The van der Waals surface area contributed by atoms with Gasteiger partial charge in [-0.15, -0.1) is 0 Å². The summed E-state index contributed by atoms with van der Waals surface area (Å²) in [5, 5.41) is 0. The smallest absolute Gasteiger partial charge is 0.0482 e. The van der Waals surface area contributed by atoms with Crippen LogP contribution in [0.25, 0.3) is 0 Å². The Kier molecular flexibility index (Phi) is 8.23. The van der Waals surface area contributed by atoms with Crippen LogP contribution in [0.4, 0.5) is 0 Å². The van der Waals surface area contributed by atoms with E-state index in [1.165, 1.54) is 75.5 Å². The number of fused-ring (bicyclic) bond motifs is 8. The summed E-state index contributed by atoms with van der Waals surface area (Å²) < 4.78 is 0. The summed E-state index contributed by atoms with van der Waals surface area (Å²) >= 11 is 0. The van der Waals surface area contributed by atoms with Crippen molar-refractivity contribution in [2.45, 2.75) is 127 Å². The zero-order valence-electron chi connectivity index (χ0n) is 33.3. The Hall–Kier alpha value is -4.10. The van der Waals surface area contributed by atoms with E-state index >= 15 is 0 Å². The van der Waals surface area contributed by atoms with Gasteiger partial charge in [-0.25, -0.2) is 0 Å². The SMILES string of the molecule is CC1(C)C2=C(C=CCC2)C2C=CC(N(C3CC=C(C4(C5=CCCC=C5)c5ccccc5C5C=CC=CC54)CC3)C3CCc4c(ccc5c4CCCC5)C3)=CC21. The molecule has 55 heavy (non-hydrogen) atoms. The fraction of sp³-hybridized carbons (Fsp3) is 0.444. The number of nitrogens with zero attached hydrogens (tertiary/aromatic N) is 1. The van der Waals surface area contributed by atoms with Crippen molar-refractivity contribution in [2.24, 2.45) is 23.2 Å². The number of rotatable bonds is 5. The number of aryl methyl sites for hydroxylation is 1. The summed E-state index contributed by atoms with van der Waals surface area (Å²) in [5.74, 6) is 1.93. The second-order valence-electron chi connectivity index (χ2n) is 19.0. The van der Waals surface area contributed by atoms with Crippen molar-refractivity contribution in [3.63, 3.8) is 0 Å². The first-order valence-corrected chi connectivity index (χ1v) is 22.3. The van der Waals surface area contributed by atoms with E-state index in [0.717, 1.165) is 25.7 Å². The summed E-state index contributed by atoms with van der Waals surface area (Å²) in [7, 11) is 0. The van der Waals surface area contributed by atoms with Crippen LogP contribution in [0.2, 0.25) is 0 Å². The summed E-state index contributed by atoms with van der Waals surface area (Å²) in [5.41, 5.74) is 18.1. The minimum atomic E-state index is -0.0819.